The molecular formula is C14H19Br2NO. The van der Waals surface area contributed by atoms with Gasteiger partial charge in [0.05, 0.1) is 8.95 Å². The lowest BCUT2D eigenvalue weighted by molar-refractivity contribution is 0.443. The number of hydrogen-bond acceptors (Lipinski definition) is 2. The molecule has 100 valence electrons. The minimum atomic E-state index is 0.267. The molecule has 2 nitrogen and oxygen atoms in total. The summed E-state index contributed by atoms with van der Waals surface area (Å²) >= 11 is 6.73. The molecule has 1 fully saturated rings. The van der Waals surface area contributed by atoms with Gasteiger partial charge in [-0.15, -0.1) is 0 Å². The van der Waals surface area contributed by atoms with Crippen molar-refractivity contribution in [1.82, 2.24) is 5.32 Å². The van der Waals surface area contributed by atoms with Crippen LogP contribution in [-0.4, -0.2) is 11.1 Å². The summed E-state index contributed by atoms with van der Waals surface area (Å²) in [6.45, 7) is 3.09. The number of halogens is 2. The fourth-order valence-corrected chi connectivity index (χ4v) is 3.41. The van der Waals surface area contributed by atoms with Crippen LogP contribution < -0.4 is 5.32 Å². The van der Waals surface area contributed by atoms with E-state index in [-0.39, 0.29) is 5.75 Å². The fourth-order valence-electron chi connectivity index (χ4n) is 2.13. The Hall–Kier alpha value is -0.0600. The smallest absolute Gasteiger partial charge is 0.143 e. The topological polar surface area (TPSA) is 32.3 Å². The van der Waals surface area contributed by atoms with E-state index < -0.39 is 0 Å². The van der Waals surface area contributed by atoms with Gasteiger partial charge >= 0.3 is 0 Å². The second kappa shape index (κ2) is 6.40. The number of phenolic OH excluding ortho intramolecular Hbond substituents is 1. The molecule has 0 amide bonds. The minimum absolute atomic E-state index is 0.267. The first kappa shape index (κ1) is 14.4. The average molecular weight is 377 g/mol. The molecule has 1 aromatic rings. The first-order valence-electron chi connectivity index (χ1n) is 6.50. The molecule has 0 aromatic heterocycles. The Bertz CT molecular complexity index is 395. The summed E-state index contributed by atoms with van der Waals surface area (Å²) in [5, 5.41) is 13.3. The van der Waals surface area contributed by atoms with Gasteiger partial charge in [-0.2, -0.15) is 0 Å². The summed E-state index contributed by atoms with van der Waals surface area (Å²) in [7, 11) is 0. The molecular weight excluding hydrogens is 358 g/mol. The van der Waals surface area contributed by atoms with Gasteiger partial charge in [-0.3, -0.25) is 0 Å². The van der Waals surface area contributed by atoms with Crippen molar-refractivity contribution in [2.45, 2.75) is 45.2 Å². The van der Waals surface area contributed by atoms with Crippen molar-refractivity contribution in [2.75, 3.05) is 0 Å². The maximum Gasteiger partial charge on any atom is 0.143 e. The van der Waals surface area contributed by atoms with Crippen LogP contribution in [0.4, 0.5) is 0 Å². The van der Waals surface area contributed by atoms with Gasteiger partial charge in [0.25, 0.3) is 0 Å². The van der Waals surface area contributed by atoms with Crippen LogP contribution in [0.1, 0.15) is 38.2 Å². The lowest BCUT2D eigenvalue weighted by Crippen LogP contribution is -2.28. The zero-order valence-corrected chi connectivity index (χ0v) is 13.7. The van der Waals surface area contributed by atoms with Gasteiger partial charge in [0.15, 0.2) is 0 Å². The monoisotopic (exact) mass is 375 g/mol. The standard InChI is InChI=1S/C14H19Br2NO/c1-2-11(5-9-3-4-9)17-8-10-6-12(15)14(18)13(16)7-10/h6-7,9,11,17-18H,2-5,8H2,1H3. The third-order valence-electron chi connectivity index (χ3n) is 3.48. The van der Waals surface area contributed by atoms with Gasteiger partial charge in [0.2, 0.25) is 0 Å². The number of aromatic hydroxyl groups is 1. The van der Waals surface area contributed by atoms with E-state index in [9.17, 15) is 5.11 Å². The molecule has 0 saturated heterocycles. The maximum absolute atomic E-state index is 9.67. The van der Waals surface area contributed by atoms with Crippen molar-refractivity contribution in [3.63, 3.8) is 0 Å². The van der Waals surface area contributed by atoms with Gasteiger partial charge < -0.3 is 10.4 Å². The van der Waals surface area contributed by atoms with E-state index in [0.717, 1.165) is 21.4 Å². The van der Waals surface area contributed by atoms with E-state index >= 15 is 0 Å². The molecule has 0 bridgehead atoms. The molecule has 0 aliphatic heterocycles. The Morgan fingerprint density at radius 1 is 1.33 bits per heavy atom. The Balaban J connectivity index is 1.91. The van der Waals surface area contributed by atoms with Crippen LogP contribution in [0.5, 0.6) is 5.75 Å². The van der Waals surface area contributed by atoms with Gasteiger partial charge in [0, 0.05) is 12.6 Å². The van der Waals surface area contributed by atoms with E-state index in [4.69, 9.17) is 0 Å². The summed E-state index contributed by atoms with van der Waals surface area (Å²) in [6.07, 6.45) is 5.30. The Morgan fingerprint density at radius 3 is 2.44 bits per heavy atom. The van der Waals surface area contributed by atoms with Crippen molar-refractivity contribution < 1.29 is 5.11 Å². The van der Waals surface area contributed by atoms with E-state index in [2.05, 4.69) is 44.1 Å². The number of phenols is 1. The van der Waals surface area contributed by atoms with Crippen LogP contribution in [0.2, 0.25) is 0 Å². The Labute approximate surface area is 125 Å². The molecule has 0 spiro atoms. The van der Waals surface area contributed by atoms with Crippen LogP contribution in [0.25, 0.3) is 0 Å². The van der Waals surface area contributed by atoms with Gasteiger partial charge in [-0.1, -0.05) is 19.8 Å². The highest BCUT2D eigenvalue weighted by Crippen LogP contribution is 2.35. The predicted molar refractivity (Wildman–Crippen MR) is 81.8 cm³/mol. The molecule has 18 heavy (non-hydrogen) atoms. The lowest BCUT2D eigenvalue weighted by Gasteiger charge is -2.17. The predicted octanol–water partition coefficient (Wildman–Crippen LogP) is 4.59. The Morgan fingerprint density at radius 2 is 1.94 bits per heavy atom. The molecule has 1 unspecified atom stereocenters. The van der Waals surface area contributed by atoms with Crippen molar-refractivity contribution >= 4 is 31.9 Å². The summed E-state index contributed by atoms with van der Waals surface area (Å²) in [4.78, 5) is 0. The summed E-state index contributed by atoms with van der Waals surface area (Å²) in [6, 6.07) is 4.55. The van der Waals surface area contributed by atoms with Crippen LogP contribution in [0.15, 0.2) is 21.1 Å². The number of hydrogen-bond donors (Lipinski definition) is 2. The molecule has 0 heterocycles. The van der Waals surface area contributed by atoms with Crippen molar-refractivity contribution in [2.24, 2.45) is 5.92 Å². The third kappa shape index (κ3) is 3.97. The number of rotatable bonds is 6. The highest BCUT2D eigenvalue weighted by atomic mass is 79.9. The fraction of sp³-hybridized carbons (Fsp3) is 0.571. The first-order chi connectivity index (χ1) is 8.60. The van der Waals surface area contributed by atoms with Gasteiger partial charge in [-0.25, -0.2) is 0 Å². The third-order valence-corrected chi connectivity index (χ3v) is 4.69. The summed E-state index contributed by atoms with van der Waals surface area (Å²) in [5.41, 5.74) is 1.18. The Kier molecular flexibility index (Phi) is 5.10. The van der Waals surface area contributed by atoms with Crippen LogP contribution in [0.3, 0.4) is 0 Å². The first-order valence-corrected chi connectivity index (χ1v) is 8.09. The van der Waals surface area contributed by atoms with E-state index in [0.29, 0.717) is 6.04 Å². The van der Waals surface area contributed by atoms with Crippen molar-refractivity contribution in [3.8, 4) is 5.75 Å². The average Bonchev–Trinajstić information content (AvgIpc) is 3.15. The normalized spacial score (nSPS) is 16.8. The van der Waals surface area contributed by atoms with Crippen molar-refractivity contribution in [1.29, 1.82) is 0 Å². The molecule has 0 radical (unpaired) electrons. The lowest BCUT2D eigenvalue weighted by atomic mass is 10.1. The SMILES string of the molecule is CCC(CC1CC1)NCc1cc(Br)c(O)c(Br)c1. The highest BCUT2D eigenvalue weighted by molar-refractivity contribution is 9.11. The van der Waals surface area contributed by atoms with Crippen molar-refractivity contribution in [3.05, 3.63) is 26.6 Å². The molecule has 2 N–H and O–H groups in total. The van der Waals surface area contributed by atoms with E-state index in [1.54, 1.807) is 0 Å². The highest BCUT2D eigenvalue weighted by Gasteiger charge is 2.24. The molecule has 1 aromatic carbocycles. The number of benzene rings is 1. The van der Waals surface area contributed by atoms with Crippen LogP contribution in [0, 0.1) is 5.92 Å². The van der Waals surface area contributed by atoms with Crippen LogP contribution >= 0.6 is 31.9 Å². The number of nitrogens with one attached hydrogen (secondary N) is 1. The van der Waals surface area contributed by atoms with Gasteiger partial charge in [-0.05, 0) is 68.3 Å². The zero-order valence-electron chi connectivity index (χ0n) is 10.5. The second-order valence-electron chi connectivity index (χ2n) is 5.07. The van der Waals surface area contributed by atoms with E-state index in [1.165, 1.54) is 31.2 Å². The quantitative estimate of drug-likeness (QED) is 0.761. The molecule has 4 heteroatoms. The molecule has 1 aliphatic carbocycles. The molecule has 1 atom stereocenters. The van der Waals surface area contributed by atoms with E-state index in [1.807, 2.05) is 12.1 Å². The summed E-state index contributed by atoms with van der Waals surface area (Å²) < 4.78 is 1.48. The molecule has 1 saturated carbocycles. The zero-order chi connectivity index (χ0) is 13.1. The van der Waals surface area contributed by atoms with Crippen LogP contribution in [-0.2, 0) is 6.54 Å². The molecule has 2 rings (SSSR count). The summed E-state index contributed by atoms with van der Waals surface area (Å²) in [5.74, 6) is 1.23. The second-order valence-corrected chi connectivity index (χ2v) is 6.78. The molecule has 1 aliphatic rings. The van der Waals surface area contributed by atoms with Gasteiger partial charge in [0.1, 0.15) is 5.75 Å². The largest absolute Gasteiger partial charge is 0.506 e. The maximum atomic E-state index is 9.67. The minimum Gasteiger partial charge on any atom is -0.506 e.